The molecule has 2 nitrogen and oxygen atoms in total. The molecule has 0 aromatic carbocycles. The molecule has 1 rings (SSSR count). The van der Waals surface area contributed by atoms with Crippen LogP contribution in [0.3, 0.4) is 0 Å². The highest BCUT2D eigenvalue weighted by Crippen LogP contribution is 2.18. The normalized spacial score (nSPS) is 27.8. The summed E-state index contributed by atoms with van der Waals surface area (Å²) < 4.78 is 5.80. The summed E-state index contributed by atoms with van der Waals surface area (Å²) in [4.78, 5) is 11.0. The Balaban J connectivity index is 2.25. The molecule has 1 aliphatic rings. The highest BCUT2D eigenvalue weighted by molar-refractivity contribution is 14.1. The van der Waals surface area contributed by atoms with Gasteiger partial charge in [-0.05, 0) is 25.7 Å². The van der Waals surface area contributed by atoms with E-state index in [0.29, 0.717) is 13.0 Å². The van der Waals surface area contributed by atoms with Crippen molar-refractivity contribution in [3.8, 4) is 0 Å². The number of ether oxygens (including phenoxy) is 1. The van der Waals surface area contributed by atoms with Crippen molar-refractivity contribution in [1.29, 1.82) is 0 Å². The Kier molecular flexibility index (Phi) is 4.95. The highest BCUT2D eigenvalue weighted by Gasteiger charge is 2.09. The van der Waals surface area contributed by atoms with E-state index in [2.05, 4.69) is 22.6 Å². The van der Waals surface area contributed by atoms with Gasteiger partial charge in [-0.1, -0.05) is 29.0 Å². The number of alkyl halides is 1. The van der Waals surface area contributed by atoms with Gasteiger partial charge in [-0.25, -0.2) is 0 Å². The Labute approximate surface area is 87.2 Å². The first kappa shape index (κ1) is 10.3. The van der Waals surface area contributed by atoms with Crippen molar-refractivity contribution >= 4 is 28.6 Å². The predicted molar refractivity (Wildman–Crippen MR) is 56.5 cm³/mol. The van der Waals surface area contributed by atoms with Crippen molar-refractivity contribution in [3.05, 3.63) is 0 Å². The summed E-state index contributed by atoms with van der Waals surface area (Å²) >= 11 is 2.49. The van der Waals surface area contributed by atoms with Crippen LogP contribution in [0.25, 0.3) is 0 Å². The molecule has 1 heterocycles. The second kappa shape index (κ2) is 5.78. The third-order valence-electron chi connectivity index (χ3n) is 2.07. The van der Waals surface area contributed by atoms with E-state index in [4.69, 9.17) is 4.74 Å². The van der Waals surface area contributed by atoms with E-state index in [0.717, 1.165) is 16.8 Å². The molecule has 0 saturated carbocycles. The molecule has 3 heteroatoms. The van der Waals surface area contributed by atoms with Crippen molar-refractivity contribution in [2.45, 2.75) is 42.4 Å². The molecule has 0 amide bonds. The first-order chi connectivity index (χ1) is 5.79. The largest absolute Gasteiger partial charge is 0.466 e. The van der Waals surface area contributed by atoms with E-state index < -0.39 is 0 Å². The summed E-state index contributed by atoms with van der Waals surface area (Å²) in [6.07, 6.45) is 6.26. The lowest BCUT2D eigenvalue weighted by atomic mass is 10.1. The van der Waals surface area contributed by atoms with Crippen molar-refractivity contribution in [3.63, 3.8) is 0 Å². The van der Waals surface area contributed by atoms with Crippen LogP contribution in [0.2, 0.25) is 0 Å². The van der Waals surface area contributed by atoms with Crippen LogP contribution < -0.4 is 0 Å². The molecule has 1 unspecified atom stereocenters. The van der Waals surface area contributed by atoms with Crippen LogP contribution in [0.4, 0.5) is 0 Å². The second-order valence-electron chi connectivity index (χ2n) is 3.21. The highest BCUT2D eigenvalue weighted by atomic mass is 127. The van der Waals surface area contributed by atoms with Gasteiger partial charge in [0.1, 0.15) is 0 Å². The monoisotopic (exact) mass is 282 g/mol. The Morgan fingerprint density at radius 3 is 2.83 bits per heavy atom. The zero-order valence-electron chi connectivity index (χ0n) is 7.22. The Morgan fingerprint density at radius 2 is 2.00 bits per heavy atom. The minimum absolute atomic E-state index is 0.0121. The first-order valence-corrected chi connectivity index (χ1v) is 5.83. The zero-order valence-corrected chi connectivity index (χ0v) is 9.38. The van der Waals surface area contributed by atoms with Crippen LogP contribution in [0, 0.1) is 0 Å². The van der Waals surface area contributed by atoms with Gasteiger partial charge in [-0.3, -0.25) is 4.79 Å². The first-order valence-electron chi connectivity index (χ1n) is 4.59. The number of carbonyl (C=O) groups is 1. The molecule has 1 atom stereocenters. The fraction of sp³-hybridized carbons (Fsp3) is 0.889. The molecule has 1 saturated heterocycles. The van der Waals surface area contributed by atoms with Gasteiger partial charge in [0.2, 0.25) is 0 Å². The summed E-state index contributed by atoms with van der Waals surface area (Å²) in [6.45, 7) is 0.623. The van der Waals surface area contributed by atoms with Crippen molar-refractivity contribution < 1.29 is 9.53 Å². The Hall–Kier alpha value is 0.200. The van der Waals surface area contributed by atoms with Gasteiger partial charge in [0.25, 0.3) is 0 Å². The van der Waals surface area contributed by atoms with E-state index in [-0.39, 0.29) is 5.97 Å². The lowest BCUT2D eigenvalue weighted by Gasteiger charge is -2.12. The zero-order chi connectivity index (χ0) is 8.81. The molecule has 1 aliphatic heterocycles. The van der Waals surface area contributed by atoms with Crippen molar-refractivity contribution in [1.82, 2.24) is 0 Å². The van der Waals surface area contributed by atoms with Crippen molar-refractivity contribution in [2.75, 3.05) is 6.61 Å². The van der Waals surface area contributed by atoms with Gasteiger partial charge in [0.15, 0.2) is 0 Å². The number of halogens is 1. The molecule has 1 fully saturated rings. The summed E-state index contributed by atoms with van der Waals surface area (Å²) in [6, 6.07) is 0. The average Bonchev–Trinajstić information content (AvgIpc) is 2.06. The van der Waals surface area contributed by atoms with Gasteiger partial charge in [-0.15, -0.1) is 0 Å². The number of esters is 1. The standard InChI is InChI=1S/C9H15IO2/c10-8-4-1-2-6-9(11)12-7-3-5-8/h8H,1-7H2. The van der Waals surface area contributed by atoms with E-state index in [1.807, 2.05) is 0 Å². The fourth-order valence-corrected chi connectivity index (χ4v) is 2.22. The third kappa shape index (κ3) is 4.28. The SMILES string of the molecule is O=C1CCCCC(I)CCCO1. The number of cyclic esters (lactones) is 1. The maximum atomic E-state index is 11.0. The maximum absolute atomic E-state index is 11.0. The number of carbonyl (C=O) groups excluding carboxylic acids is 1. The van der Waals surface area contributed by atoms with Gasteiger partial charge in [-0.2, -0.15) is 0 Å². The lowest BCUT2D eigenvalue weighted by molar-refractivity contribution is -0.144. The second-order valence-corrected chi connectivity index (χ2v) is 4.97. The number of hydrogen-bond acceptors (Lipinski definition) is 2. The van der Waals surface area contributed by atoms with Crippen LogP contribution in [-0.4, -0.2) is 16.5 Å². The van der Waals surface area contributed by atoms with Gasteiger partial charge >= 0.3 is 5.97 Å². The van der Waals surface area contributed by atoms with E-state index in [1.165, 1.54) is 19.3 Å². The van der Waals surface area contributed by atoms with Gasteiger partial charge in [0, 0.05) is 10.3 Å². The quantitative estimate of drug-likeness (QED) is 0.388. The number of hydrogen-bond donors (Lipinski definition) is 0. The molecule has 0 spiro atoms. The minimum Gasteiger partial charge on any atom is -0.466 e. The molecule has 0 N–H and O–H groups in total. The third-order valence-corrected chi connectivity index (χ3v) is 3.32. The van der Waals surface area contributed by atoms with E-state index in [1.54, 1.807) is 0 Å². The van der Waals surface area contributed by atoms with E-state index in [9.17, 15) is 4.79 Å². The molecule has 0 aliphatic carbocycles. The van der Waals surface area contributed by atoms with Crippen LogP contribution in [0.5, 0.6) is 0 Å². The minimum atomic E-state index is -0.0121. The molecule has 70 valence electrons. The molecule has 0 aromatic heterocycles. The van der Waals surface area contributed by atoms with E-state index >= 15 is 0 Å². The molecular formula is C9H15IO2. The molecule has 0 bridgehead atoms. The topological polar surface area (TPSA) is 26.3 Å². The van der Waals surface area contributed by atoms with Crippen molar-refractivity contribution in [2.24, 2.45) is 0 Å². The number of rotatable bonds is 0. The van der Waals surface area contributed by atoms with Crippen LogP contribution in [-0.2, 0) is 9.53 Å². The molecule has 0 radical (unpaired) electrons. The van der Waals surface area contributed by atoms with Gasteiger partial charge in [0.05, 0.1) is 6.61 Å². The summed E-state index contributed by atoms with van der Waals surface area (Å²) in [7, 11) is 0. The molecular weight excluding hydrogens is 267 g/mol. The summed E-state index contributed by atoms with van der Waals surface area (Å²) in [5.74, 6) is -0.0121. The fourth-order valence-electron chi connectivity index (χ4n) is 1.34. The predicted octanol–water partition coefficient (Wildman–Crippen LogP) is 2.69. The lowest BCUT2D eigenvalue weighted by Crippen LogP contribution is -2.10. The Morgan fingerprint density at radius 1 is 1.25 bits per heavy atom. The average molecular weight is 282 g/mol. The maximum Gasteiger partial charge on any atom is 0.305 e. The van der Waals surface area contributed by atoms with Gasteiger partial charge < -0.3 is 4.74 Å². The van der Waals surface area contributed by atoms with Crippen LogP contribution >= 0.6 is 22.6 Å². The Bertz CT molecular complexity index is 133. The molecule has 0 aromatic rings. The summed E-state index contributed by atoms with van der Waals surface area (Å²) in [5, 5.41) is 0. The smallest absolute Gasteiger partial charge is 0.305 e. The molecule has 12 heavy (non-hydrogen) atoms. The van der Waals surface area contributed by atoms with Crippen LogP contribution in [0.15, 0.2) is 0 Å². The van der Waals surface area contributed by atoms with Crippen LogP contribution in [0.1, 0.15) is 38.5 Å². The summed E-state index contributed by atoms with van der Waals surface area (Å²) in [5.41, 5.74) is 0.